The Morgan fingerprint density at radius 2 is 1.74 bits per heavy atom. The average Bonchev–Trinajstić information content (AvgIpc) is 2.51. The number of morpholine rings is 1. The van der Waals surface area contributed by atoms with Gasteiger partial charge in [0.05, 0.1) is 13.2 Å². The van der Waals surface area contributed by atoms with Crippen LogP contribution < -0.4 is 0 Å². The molecule has 0 aliphatic carbocycles. The Hall–Kier alpha value is -1.27. The Balaban J connectivity index is 2.30. The number of hydrogen-bond donors (Lipinski definition) is 0. The fourth-order valence-electron chi connectivity index (χ4n) is 2.30. The van der Waals surface area contributed by atoms with Crippen LogP contribution in [0.15, 0.2) is 30.3 Å². The molecular weight excluding hydrogens is 246 g/mol. The number of rotatable bonds is 5. The summed E-state index contributed by atoms with van der Waals surface area (Å²) in [5.41, 5.74) is 0.567. The molecule has 0 N–H and O–H groups in total. The zero-order chi connectivity index (χ0) is 13.7. The molecule has 1 saturated heterocycles. The Morgan fingerprint density at radius 1 is 1.16 bits per heavy atom. The molecule has 2 rings (SSSR count). The van der Waals surface area contributed by atoms with Crippen molar-refractivity contribution in [1.29, 1.82) is 0 Å². The summed E-state index contributed by atoms with van der Waals surface area (Å²) in [5, 5.41) is 0. The van der Waals surface area contributed by atoms with Gasteiger partial charge < -0.3 is 14.2 Å². The van der Waals surface area contributed by atoms with Crippen molar-refractivity contribution in [2.45, 2.75) is 5.91 Å². The maximum absolute atomic E-state index is 12.7. The third-order valence-corrected chi connectivity index (χ3v) is 3.30. The first kappa shape index (κ1) is 14.1. The molecule has 1 aliphatic rings. The Labute approximate surface area is 113 Å². The summed E-state index contributed by atoms with van der Waals surface area (Å²) in [6.45, 7) is 2.33. The summed E-state index contributed by atoms with van der Waals surface area (Å²) >= 11 is 0. The molecule has 0 radical (unpaired) electrons. The van der Waals surface area contributed by atoms with E-state index in [2.05, 4.69) is 0 Å². The Kier molecular flexibility index (Phi) is 4.66. The third kappa shape index (κ3) is 2.69. The molecule has 0 amide bonds. The molecule has 19 heavy (non-hydrogen) atoms. The van der Waals surface area contributed by atoms with Crippen molar-refractivity contribution in [1.82, 2.24) is 4.90 Å². The summed E-state index contributed by atoms with van der Waals surface area (Å²) in [6.07, 6.45) is 0. The second-order valence-electron chi connectivity index (χ2n) is 4.28. The first-order valence-electron chi connectivity index (χ1n) is 6.27. The second kappa shape index (κ2) is 6.25. The fraction of sp³-hybridized carbons (Fsp3) is 0.500. The van der Waals surface area contributed by atoms with Crippen LogP contribution in [0, 0.1) is 0 Å². The zero-order valence-corrected chi connectivity index (χ0v) is 11.3. The van der Waals surface area contributed by atoms with Gasteiger partial charge in [0.25, 0.3) is 5.91 Å². The van der Waals surface area contributed by atoms with Crippen LogP contribution in [0.1, 0.15) is 10.4 Å². The molecule has 104 valence electrons. The predicted octanol–water partition coefficient (Wildman–Crippen LogP) is 1.15. The van der Waals surface area contributed by atoms with Crippen molar-refractivity contribution in [3.05, 3.63) is 35.9 Å². The maximum atomic E-state index is 12.7. The van der Waals surface area contributed by atoms with Crippen LogP contribution in [-0.4, -0.2) is 57.1 Å². The van der Waals surface area contributed by atoms with Gasteiger partial charge in [0, 0.05) is 32.9 Å². The molecule has 0 bridgehead atoms. The van der Waals surface area contributed by atoms with Gasteiger partial charge in [0.2, 0.25) is 5.78 Å². The molecule has 1 fully saturated rings. The fourth-order valence-corrected chi connectivity index (χ4v) is 2.30. The van der Waals surface area contributed by atoms with E-state index in [4.69, 9.17) is 14.2 Å². The highest BCUT2D eigenvalue weighted by atomic mass is 16.7. The number of benzene rings is 1. The molecule has 0 aromatic heterocycles. The van der Waals surface area contributed by atoms with Gasteiger partial charge in [-0.3, -0.25) is 4.79 Å². The van der Waals surface area contributed by atoms with Crippen molar-refractivity contribution >= 4 is 5.78 Å². The van der Waals surface area contributed by atoms with Gasteiger partial charge in [0.1, 0.15) is 0 Å². The lowest BCUT2D eigenvalue weighted by molar-refractivity contribution is -0.267. The topological polar surface area (TPSA) is 48.0 Å². The van der Waals surface area contributed by atoms with Crippen LogP contribution in [-0.2, 0) is 14.2 Å². The van der Waals surface area contributed by atoms with Gasteiger partial charge in [-0.05, 0) is 0 Å². The molecule has 0 saturated carbocycles. The average molecular weight is 265 g/mol. The van der Waals surface area contributed by atoms with Crippen LogP contribution in [0.4, 0.5) is 0 Å². The van der Waals surface area contributed by atoms with E-state index in [1.165, 1.54) is 14.2 Å². The molecular formula is C14H19NO4. The van der Waals surface area contributed by atoms with E-state index >= 15 is 0 Å². The van der Waals surface area contributed by atoms with E-state index in [1.54, 1.807) is 12.1 Å². The highest BCUT2D eigenvalue weighted by Crippen LogP contribution is 2.24. The molecule has 0 spiro atoms. The Bertz CT molecular complexity index is 411. The lowest BCUT2D eigenvalue weighted by Crippen LogP contribution is -2.60. The van der Waals surface area contributed by atoms with E-state index in [0.717, 1.165) is 0 Å². The minimum atomic E-state index is -1.37. The quantitative estimate of drug-likeness (QED) is 0.590. The SMILES string of the molecule is COC(OC)(C(=O)c1ccccc1)N1CCOCC1. The molecule has 1 heterocycles. The van der Waals surface area contributed by atoms with Gasteiger partial charge in [-0.25, -0.2) is 4.90 Å². The molecule has 1 aliphatic heterocycles. The van der Waals surface area contributed by atoms with Gasteiger partial charge in [-0.15, -0.1) is 0 Å². The van der Waals surface area contributed by atoms with Crippen LogP contribution in [0.3, 0.4) is 0 Å². The second-order valence-corrected chi connectivity index (χ2v) is 4.28. The van der Waals surface area contributed by atoms with Crippen molar-refractivity contribution < 1.29 is 19.0 Å². The van der Waals surface area contributed by atoms with E-state index in [0.29, 0.717) is 31.9 Å². The van der Waals surface area contributed by atoms with Crippen LogP contribution in [0.2, 0.25) is 0 Å². The Morgan fingerprint density at radius 3 is 2.26 bits per heavy atom. The van der Waals surface area contributed by atoms with Gasteiger partial charge in [-0.1, -0.05) is 30.3 Å². The number of hydrogen-bond acceptors (Lipinski definition) is 5. The standard InChI is InChI=1S/C14H19NO4/c1-17-14(18-2,15-8-10-19-11-9-15)13(16)12-6-4-3-5-7-12/h3-7H,8-11H2,1-2H3. The summed E-state index contributed by atoms with van der Waals surface area (Å²) < 4.78 is 16.2. The predicted molar refractivity (Wildman–Crippen MR) is 69.9 cm³/mol. The molecule has 1 aromatic rings. The molecule has 0 atom stereocenters. The van der Waals surface area contributed by atoms with Gasteiger partial charge in [0.15, 0.2) is 0 Å². The largest absolute Gasteiger partial charge is 0.379 e. The number of carbonyl (C=O) groups is 1. The van der Waals surface area contributed by atoms with Gasteiger partial charge in [-0.2, -0.15) is 0 Å². The maximum Gasteiger partial charge on any atom is 0.297 e. The van der Waals surface area contributed by atoms with E-state index < -0.39 is 5.91 Å². The number of Topliss-reactive ketones (excluding diaryl/α,β-unsaturated/α-hetero) is 1. The summed E-state index contributed by atoms with van der Waals surface area (Å²) in [4.78, 5) is 14.6. The van der Waals surface area contributed by atoms with Crippen molar-refractivity contribution in [2.24, 2.45) is 0 Å². The lowest BCUT2D eigenvalue weighted by Gasteiger charge is -2.41. The first-order valence-corrected chi connectivity index (χ1v) is 6.27. The van der Waals surface area contributed by atoms with Crippen molar-refractivity contribution in [2.75, 3.05) is 40.5 Å². The zero-order valence-electron chi connectivity index (χ0n) is 11.3. The molecule has 5 heteroatoms. The first-order chi connectivity index (χ1) is 9.24. The van der Waals surface area contributed by atoms with E-state index in [9.17, 15) is 4.79 Å². The number of methoxy groups -OCH3 is 2. The van der Waals surface area contributed by atoms with E-state index in [1.807, 2.05) is 23.1 Å². The number of nitrogens with zero attached hydrogens (tertiary/aromatic N) is 1. The number of ketones is 1. The third-order valence-electron chi connectivity index (χ3n) is 3.30. The lowest BCUT2D eigenvalue weighted by atomic mass is 10.1. The number of carbonyl (C=O) groups excluding carboxylic acids is 1. The summed E-state index contributed by atoms with van der Waals surface area (Å²) in [7, 11) is 2.97. The molecule has 0 unspecified atom stereocenters. The highest BCUT2D eigenvalue weighted by Gasteiger charge is 2.46. The smallest absolute Gasteiger partial charge is 0.297 e. The van der Waals surface area contributed by atoms with Crippen molar-refractivity contribution in [3.8, 4) is 0 Å². The normalized spacial score (nSPS) is 17.4. The minimum absolute atomic E-state index is 0.194. The summed E-state index contributed by atoms with van der Waals surface area (Å²) in [6, 6.07) is 9.03. The monoisotopic (exact) mass is 265 g/mol. The van der Waals surface area contributed by atoms with Crippen LogP contribution in [0.5, 0.6) is 0 Å². The summed E-state index contributed by atoms with van der Waals surface area (Å²) in [5.74, 6) is -1.56. The van der Waals surface area contributed by atoms with Crippen LogP contribution >= 0.6 is 0 Å². The highest BCUT2D eigenvalue weighted by molar-refractivity contribution is 6.01. The van der Waals surface area contributed by atoms with E-state index in [-0.39, 0.29) is 5.78 Å². The minimum Gasteiger partial charge on any atom is -0.379 e. The van der Waals surface area contributed by atoms with Gasteiger partial charge >= 0.3 is 0 Å². The van der Waals surface area contributed by atoms with Crippen LogP contribution in [0.25, 0.3) is 0 Å². The number of ether oxygens (including phenoxy) is 3. The molecule has 1 aromatic carbocycles. The molecule has 5 nitrogen and oxygen atoms in total. The van der Waals surface area contributed by atoms with Crippen molar-refractivity contribution in [3.63, 3.8) is 0 Å².